The van der Waals surface area contributed by atoms with E-state index in [0.29, 0.717) is 26.6 Å². The molecule has 0 saturated carbocycles. The molecule has 170 valence electrons. The molecule has 4 aromatic rings. The number of hydrogen-bond acceptors (Lipinski definition) is 7. The fourth-order valence-corrected chi connectivity index (χ4v) is 4.12. The van der Waals surface area contributed by atoms with Crippen molar-refractivity contribution in [3.63, 3.8) is 0 Å². The van der Waals surface area contributed by atoms with E-state index in [9.17, 15) is 9.59 Å². The fraction of sp³-hybridized carbons (Fsp3) is 0.304. The van der Waals surface area contributed by atoms with Crippen LogP contribution < -0.4 is 10.6 Å². The monoisotopic (exact) mass is 463 g/mol. The van der Waals surface area contributed by atoms with Crippen LogP contribution in [-0.2, 0) is 12.5 Å². The van der Waals surface area contributed by atoms with Crippen LogP contribution in [0.15, 0.2) is 43.0 Å². The van der Waals surface area contributed by atoms with Gasteiger partial charge in [0.05, 0.1) is 23.8 Å². The Labute approximate surface area is 195 Å². The molecule has 9 nitrogen and oxygen atoms in total. The maximum atomic E-state index is 12.8. The number of nitrogens with zero attached hydrogens (tertiary/aromatic N) is 5. The van der Waals surface area contributed by atoms with Crippen molar-refractivity contribution >= 4 is 39.9 Å². The Morgan fingerprint density at radius 2 is 1.76 bits per heavy atom. The number of amides is 2. The van der Waals surface area contributed by atoms with Gasteiger partial charge in [-0.25, -0.2) is 15.0 Å². The summed E-state index contributed by atoms with van der Waals surface area (Å²) in [6.45, 7) is 8.24. The maximum absolute atomic E-state index is 12.8. The Morgan fingerprint density at radius 3 is 2.45 bits per heavy atom. The Morgan fingerprint density at radius 1 is 1.03 bits per heavy atom. The summed E-state index contributed by atoms with van der Waals surface area (Å²) in [5.74, 6) is -0.600. The van der Waals surface area contributed by atoms with E-state index >= 15 is 0 Å². The molecule has 1 unspecified atom stereocenters. The standard InChI is InChI=1S/C23H25N7O2S/c1-13(28-21(32)18-16-10-27-30(5)19(16)26-12-25-18)22-24-11-17(33-22)20(31)29-15-8-6-14(7-9-15)23(2,3)4/h6-13H,1-5H3,(H,28,32)(H,29,31). The number of aromatic nitrogens is 5. The number of hydrogen-bond donors (Lipinski definition) is 2. The van der Waals surface area contributed by atoms with Crippen molar-refractivity contribution < 1.29 is 9.59 Å². The normalized spacial score (nSPS) is 12.5. The second-order valence-corrected chi connectivity index (χ2v) is 9.83. The highest BCUT2D eigenvalue weighted by Gasteiger charge is 2.21. The first-order valence-electron chi connectivity index (χ1n) is 10.4. The van der Waals surface area contributed by atoms with Crippen molar-refractivity contribution in [2.45, 2.75) is 39.2 Å². The molecule has 0 saturated heterocycles. The van der Waals surface area contributed by atoms with Crippen molar-refractivity contribution in [3.05, 3.63) is 64.1 Å². The number of carbonyl (C=O) groups excluding carboxylic acids is 2. The number of carbonyl (C=O) groups is 2. The van der Waals surface area contributed by atoms with Gasteiger partial charge in [0.15, 0.2) is 5.65 Å². The van der Waals surface area contributed by atoms with E-state index < -0.39 is 6.04 Å². The van der Waals surface area contributed by atoms with Crippen LogP contribution in [0.1, 0.15) is 64.5 Å². The third kappa shape index (κ3) is 4.75. The Bertz CT molecular complexity index is 1320. The molecule has 4 rings (SSSR count). The molecule has 0 spiro atoms. The minimum Gasteiger partial charge on any atom is -0.342 e. The van der Waals surface area contributed by atoms with E-state index in [0.717, 1.165) is 0 Å². The van der Waals surface area contributed by atoms with Crippen LogP contribution in [0.2, 0.25) is 0 Å². The lowest BCUT2D eigenvalue weighted by atomic mass is 9.87. The number of benzene rings is 1. The quantitative estimate of drug-likeness (QED) is 0.464. The van der Waals surface area contributed by atoms with Crippen LogP contribution in [0.3, 0.4) is 0 Å². The van der Waals surface area contributed by atoms with Crippen LogP contribution in [-0.4, -0.2) is 36.5 Å². The number of nitrogens with one attached hydrogen (secondary N) is 2. The predicted molar refractivity (Wildman–Crippen MR) is 127 cm³/mol. The van der Waals surface area contributed by atoms with E-state index in [1.165, 1.54) is 29.4 Å². The average molecular weight is 464 g/mol. The van der Waals surface area contributed by atoms with Gasteiger partial charge in [0, 0.05) is 12.7 Å². The van der Waals surface area contributed by atoms with Gasteiger partial charge in [-0.3, -0.25) is 14.3 Å². The highest BCUT2D eigenvalue weighted by atomic mass is 32.1. The topological polar surface area (TPSA) is 115 Å². The minimum atomic E-state index is -0.406. The van der Waals surface area contributed by atoms with Gasteiger partial charge < -0.3 is 10.6 Å². The Hall–Kier alpha value is -3.66. The van der Waals surface area contributed by atoms with Crippen LogP contribution in [0.5, 0.6) is 0 Å². The predicted octanol–water partition coefficient (Wildman–Crippen LogP) is 3.86. The lowest BCUT2D eigenvalue weighted by molar-refractivity contribution is 0.0936. The smallest absolute Gasteiger partial charge is 0.271 e. The first-order chi connectivity index (χ1) is 15.6. The number of anilines is 1. The summed E-state index contributed by atoms with van der Waals surface area (Å²) in [7, 11) is 1.75. The van der Waals surface area contributed by atoms with Gasteiger partial charge in [-0.05, 0) is 30.0 Å². The molecule has 0 aliphatic heterocycles. The summed E-state index contributed by atoms with van der Waals surface area (Å²) in [5.41, 5.74) is 2.77. The van der Waals surface area contributed by atoms with Crippen LogP contribution in [0.4, 0.5) is 5.69 Å². The average Bonchev–Trinajstić information content (AvgIpc) is 3.41. The molecule has 0 radical (unpaired) electrons. The molecule has 3 heterocycles. The summed E-state index contributed by atoms with van der Waals surface area (Å²) in [5, 5.41) is 11.1. The molecular formula is C23H25N7O2S. The lowest BCUT2D eigenvalue weighted by Crippen LogP contribution is -2.27. The van der Waals surface area contributed by atoms with Crippen molar-refractivity contribution in [1.29, 1.82) is 0 Å². The summed E-state index contributed by atoms with van der Waals surface area (Å²) in [4.78, 5) is 38.5. The number of rotatable bonds is 5. The lowest BCUT2D eigenvalue weighted by Gasteiger charge is -2.19. The third-order valence-corrected chi connectivity index (χ3v) is 6.40. The van der Waals surface area contributed by atoms with Gasteiger partial charge in [-0.1, -0.05) is 32.9 Å². The summed E-state index contributed by atoms with van der Waals surface area (Å²) in [6.07, 6.45) is 4.42. The van der Waals surface area contributed by atoms with Gasteiger partial charge >= 0.3 is 0 Å². The first kappa shape index (κ1) is 22.5. The van der Waals surface area contributed by atoms with E-state index in [1.807, 2.05) is 31.2 Å². The van der Waals surface area contributed by atoms with E-state index in [1.54, 1.807) is 17.9 Å². The first-order valence-corrected chi connectivity index (χ1v) is 11.3. The Kier molecular flexibility index (Phi) is 5.94. The van der Waals surface area contributed by atoms with E-state index in [4.69, 9.17) is 0 Å². The molecular weight excluding hydrogens is 438 g/mol. The van der Waals surface area contributed by atoms with Crippen LogP contribution >= 0.6 is 11.3 Å². The van der Waals surface area contributed by atoms with Gasteiger partial charge in [-0.15, -0.1) is 11.3 Å². The van der Waals surface area contributed by atoms with Crippen molar-refractivity contribution in [2.75, 3.05) is 5.32 Å². The zero-order valence-corrected chi connectivity index (χ0v) is 19.9. The second-order valence-electron chi connectivity index (χ2n) is 8.77. The van der Waals surface area contributed by atoms with Crippen molar-refractivity contribution in [1.82, 2.24) is 30.0 Å². The van der Waals surface area contributed by atoms with Crippen LogP contribution in [0.25, 0.3) is 11.0 Å². The molecule has 1 aromatic carbocycles. The van der Waals surface area contributed by atoms with Gasteiger partial charge in [-0.2, -0.15) is 5.10 Å². The third-order valence-electron chi connectivity index (χ3n) is 5.22. The zero-order valence-electron chi connectivity index (χ0n) is 19.1. The molecule has 0 bridgehead atoms. The van der Waals surface area contributed by atoms with Crippen LogP contribution in [0, 0.1) is 0 Å². The second kappa shape index (κ2) is 8.70. The molecule has 3 aromatic heterocycles. The molecule has 2 N–H and O–H groups in total. The zero-order chi connectivity index (χ0) is 23.8. The SMILES string of the molecule is CC(NC(=O)c1ncnc2c1cnn2C)c1ncc(C(=O)Nc2ccc(C(C)(C)C)cc2)s1. The largest absolute Gasteiger partial charge is 0.342 e. The van der Waals surface area contributed by atoms with E-state index in [-0.39, 0.29) is 22.9 Å². The molecule has 0 aliphatic carbocycles. The van der Waals surface area contributed by atoms with Gasteiger partial charge in [0.25, 0.3) is 11.8 Å². The maximum Gasteiger partial charge on any atom is 0.271 e. The number of aryl methyl sites for hydroxylation is 1. The molecule has 1 atom stereocenters. The molecule has 10 heteroatoms. The summed E-state index contributed by atoms with van der Waals surface area (Å²) in [6, 6.07) is 7.40. The molecule has 33 heavy (non-hydrogen) atoms. The summed E-state index contributed by atoms with van der Waals surface area (Å²) >= 11 is 1.23. The fourth-order valence-electron chi connectivity index (χ4n) is 3.31. The van der Waals surface area contributed by atoms with Gasteiger partial charge in [0.1, 0.15) is 21.9 Å². The highest BCUT2D eigenvalue weighted by Crippen LogP contribution is 2.25. The summed E-state index contributed by atoms with van der Waals surface area (Å²) < 4.78 is 1.58. The molecule has 0 fully saturated rings. The van der Waals surface area contributed by atoms with Crippen molar-refractivity contribution in [3.8, 4) is 0 Å². The van der Waals surface area contributed by atoms with E-state index in [2.05, 4.69) is 51.5 Å². The van der Waals surface area contributed by atoms with Gasteiger partial charge in [0.2, 0.25) is 0 Å². The Balaban J connectivity index is 1.43. The minimum absolute atomic E-state index is 0.0459. The highest BCUT2D eigenvalue weighted by molar-refractivity contribution is 7.13. The number of fused-ring (bicyclic) bond motifs is 1. The van der Waals surface area contributed by atoms with Crippen molar-refractivity contribution in [2.24, 2.45) is 7.05 Å². The molecule has 2 amide bonds. The number of thiazole rings is 1. The molecule has 0 aliphatic rings.